The molecule has 0 radical (unpaired) electrons. The number of amides is 1. The van der Waals surface area contributed by atoms with Crippen LogP contribution in [0.1, 0.15) is 24.2 Å². The van der Waals surface area contributed by atoms with Crippen LogP contribution >= 0.6 is 0 Å². The predicted molar refractivity (Wildman–Crippen MR) is 69.3 cm³/mol. The Morgan fingerprint density at radius 1 is 1.55 bits per heavy atom. The molecule has 20 heavy (non-hydrogen) atoms. The number of nitrogens with zero attached hydrogens (tertiary/aromatic N) is 2. The maximum Gasteiger partial charge on any atom is 0.339 e. The highest BCUT2D eigenvalue weighted by atomic mass is 16.6. The number of hydrogen-bond acceptors (Lipinski definition) is 6. The third-order valence-corrected chi connectivity index (χ3v) is 2.68. The SMILES string of the molecule is CC(C)(CNc1ncc([N+](=O)[O-])cc1C(=O)O)C(N)=O. The largest absolute Gasteiger partial charge is 0.478 e. The molecule has 1 aromatic rings. The van der Waals surface area contributed by atoms with E-state index in [-0.39, 0.29) is 17.9 Å². The lowest BCUT2D eigenvalue weighted by atomic mass is 9.93. The first-order chi connectivity index (χ1) is 9.15. The van der Waals surface area contributed by atoms with E-state index in [1.807, 2.05) is 0 Å². The number of rotatable bonds is 6. The van der Waals surface area contributed by atoms with Crippen LogP contribution in [0.15, 0.2) is 12.3 Å². The molecule has 0 saturated heterocycles. The van der Waals surface area contributed by atoms with Crippen LogP contribution in [-0.4, -0.2) is 33.4 Å². The van der Waals surface area contributed by atoms with Gasteiger partial charge in [-0.05, 0) is 13.8 Å². The Morgan fingerprint density at radius 2 is 2.15 bits per heavy atom. The van der Waals surface area contributed by atoms with Crippen molar-refractivity contribution in [3.8, 4) is 0 Å². The van der Waals surface area contributed by atoms with Gasteiger partial charge in [0, 0.05) is 12.6 Å². The number of pyridine rings is 1. The Morgan fingerprint density at radius 3 is 2.60 bits per heavy atom. The van der Waals surface area contributed by atoms with Crippen LogP contribution in [0.2, 0.25) is 0 Å². The molecule has 4 N–H and O–H groups in total. The molecule has 0 fully saturated rings. The van der Waals surface area contributed by atoms with Crippen LogP contribution in [0.3, 0.4) is 0 Å². The molecule has 1 heterocycles. The summed E-state index contributed by atoms with van der Waals surface area (Å²) in [5.74, 6) is -1.98. The lowest BCUT2D eigenvalue weighted by Crippen LogP contribution is -2.37. The summed E-state index contributed by atoms with van der Waals surface area (Å²) < 4.78 is 0. The zero-order chi connectivity index (χ0) is 15.5. The maximum atomic E-state index is 11.2. The number of aromatic nitrogens is 1. The molecule has 0 atom stereocenters. The van der Waals surface area contributed by atoms with Crippen LogP contribution in [0.4, 0.5) is 11.5 Å². The van der Waals surface area contributed by atoms with Crippen LogP contribution in [0.5, 0.6) is 0 Å². The molecule has 108 valence electrons. The summed E-state index contributed by atoms with van der Waals surface area (Å²) in [7, 11) is 0. The van der Waals surface area contributed by atoms with Crippen molar-refractivity contribution in [1.82, 2.24) is 4.98 Å². The minimum Gasteiger partial charge on any atom is -0.478 e. The highest BCUT2D eigenvalue weighted by Crippen LogP contribution is 2.21. The molecule has 1 rings (SSSR count). The highest BCUT2D eigenvalue weighted by molar-refractivity contribution is 5.94. The first-order valence-corrected chi connectivity index (χ1v) is 5.56. The second kappa shape index (κ2) is 5.51. The van der Waals surface area contributed by atoms with Gasteiger partial charge in [0.15, 0.2) is 0 Å². The van der Waals surface area contributed by atoms with Crippen LogP contribution in [0.25, 0.3) is 0 Å². The zero-order valence-electron chi connectivity index (χ0n) is 10.9. The minimum atomic E-state index is -1.36. The zero-order valence-corrected chi connectivity index (χ0v) is 10.9. The van der Waals surface area contributed by atoms with Gasteiger partial charge in [-0.2, -0.15) is 0 Å². The van der Waals surface area contributed by atoms with Crippen LogP contribution in [-0.2, 0) is 4.79 Å². The van der Waals surface area contributed by atoms with Gasteiger partial charge in [0.1, 0.15) is 17.6 Å². The lowest BCUT2D eigenvalue weighted by Gasteiger charge is -2.21. The number of primary amides is 1. The van der Waals surface area contributed by atoms with Gasteiger partial charge < -0.3 is 16.2 Å². The number of nitrogens with one attached hydrogen (secondary N) is 1. The summed E-state index contributed by atoms with van der Waals surface area (Å²) in [5, 5.41) is 22.3. The van der Waals surface area contributed by atoms with E-state index < -0.39 is 27.9 Å². The van der Waals surface area contributed by atoms with Crippen molar-refractivity contribution in [3.63, 3.8) is 0 Å². The number of nitro groups is 1. The molecular weight excluding hydrogens is 268 g/mol. The Bertz CT molecular complexity index is 570. The van der Waals surface area contributed by atoms with Crippen molar-refractivity contribution in [1.29, 1.82) is 0 Å². The number of nitrogens with two attached hydrogens (primary N) is 1. The fourth-order valence-corrected chi connectivity index (χ4v) is 1.25. The summed E-state index contributed by atoms with van der Waals surface area (Å²) in [6.07, 6.45) is 0.937. The fraction of sp³-hybridized carbons (Fsp3) is 0.364. The molecule has 0 aliphatic rings. The van der Waals surface area contributed by atoms with Crippen molar-refractivity contribution < 1.29 is 19.6 Å². The van der Waals surface area contributed by atoms with Crippen molar-refractivity contribution in [2.24, 2.45) is 11.1 Å². The molecule has 0 bridgehead atoms. The Kier molecular flexibility index (Phi) is 4.23. The maximum absolute atomic E-state index is 11.2. The summed E-state index contributed by atoms with van der Waals surface area (Å²) >= 11 is 0. The summed E-state index contributed by atoms with van der Waals surface area (Å²) in [6, 6.07) is 0.898. The highest BCUT2D eigenvalue weighted by Gasteiger charge is 2.26. The standard InChI is InChI=1S/C11H14N4O5/c1-11(2,10(12)18)5-14-8-7(9(16)17)3-6(4-13-8)15(19)20/h3-4H,5H2,1-2H3,(H2,12,18)(H,13,14)(H,16,17). The third-order valence-electron chi connectivity index (χ3n) is 2.68. The molecule has 0 aliphatic carbocycles. The van der Waals surface area contributed by atoms with Gasteiger partial charge in [0.2, 0.25) is 5.91 Å². The van der Waals surface area contributed by atoms with Crippen LogP contribution in [0, 0.1) is 15.5 Å². The monoisotopic (exact) mass is 282 g/mol. The number of hydrogen-bond donors (Lipinski definition) is 3. The predicted octanol–water partition coefficient (Wildman–Crippen LogP) is 0.611. The van der Waals surface area contributed by atoms with Crippen molar-refractivity contribution in [2.75, 3.05) is 11.9 Å². The van der Waals surface area contributed by atoms with E-state index in [1.165, 1.54) is 0 Å². The molecule has 0 spiro atoms. The third kappa shape index (κ3) is 3.40. The quantitative estimate of drug-likeness (QED) is 0.511. The van der Waals surface area contributed by atoms with Gasteiger partial charge in [-0.3, -0.25) is 14.9 Å². The molecule has 0 unspecified atom stereocenters. The van der Waals surface area contributed by atoms with E-state index in [4.69, 9.17) is 10.8 Å². The number of carboxylic acids is 1. The van der Waals surface area contributed by atoms with E-state index in [0.29, 0.717) is 0 Å². The number of carboxylic acid groups (broad SMARTS) is 1. The average molecular weight is 282 g/mol. The summed E-state index contributed by atoms with van der Waals surface area (Å²) in [4.78, 5) is 35.8. The molecule has 0 aliphatic heterocycles. The Labute approximate surface area is 114 Å². The van der Waals surface area contributed by atoms with Gasteiger partial charge >= 0.3 is 5.97 Å². The molecule has 0 saturated carbocycles. The van der Waals surface area contributed by atoms with E-state index in [9.17, 15) is 19.7 Å². The molecule has 9 heteroatoms. The Balaban J connectivity index is 3.04. The molecular formula is C11H14N4O5. The van der Waals surface area contributed by atoms with E-state index >= 15 is 0 Å². The fourth-order valence-electron chi connectivity index (χ4n) is 1.25. The van der Waals surface area contributed by atoms with Gasteiger partial charge in [0.05, 0.1) is 10.3 Å². The normalized spacial score (nSPS) is 10.9. The van der Waals surface area contributed by atoms with Gasteiger partial charge in [-0.15, -0.1) is 0 Å². The van der Waals surface area contributed by atoms with Gasteiger partial charge in [0.25, 0.3) is 5.69 Å². The number of carbonyl (C=O) groups is 2. The van der Waals surface area contributed by atoms with Gasteiger partial charge in [-0.1, -0.05) is 0 Å². The number of aromatic carboxylic acids is 1. The van der Waals surface area contributed by atoms with Crippen LogP contribution < -0.4 is 11.1 Å². The Hall–Kier alpha value is -2.71. The second-order valence-corrected chi connectivity index (χ2v) is 4.75. The first-order valence-electron chi connectivity index (χ1n) is 5.56. The lowest BCUT2D eigenvalue weighted by molar-refractivity contribution is -0.385. The molecule has 1 aromatic heterocycles. The topological polar surface area (TPSA) is 148 Å². The molecule has 9 nitrogen and oxygen atoms in total. The number of anilines is 1. The van der Waals surface area contributed by atoms with E-state index in [1.54, 1.807) is 13.8 Å². The van der Waals surface area contributed by atoms with Gasteiger partial charge in [-0.25, -0.2) is 9.78 Å². The minimum absolute atomic E-state index is 0.0490. The van der Waals surface area contributed by atoms with Crippen molar-refractivity contribution >= 4 is 23.4 Å². The molecule has 1 amide bonds. The van der Waals surface area contributed by atoms with E-state index in [2.05, 4.69) is 10.3 Å². The first kappa shape index (κ1) is 15.3. The van der Waals surface area contributed by atoms with E-state index in [0.717, 1.165) is 12.3 Å². The van der Waals surface area contributed by atoms with Crippen molar-refractivity contribution in [2.45, 2.75) is 13.8 Å². The summed E-state index contributed by atoms with van der Waals surface area (Å²) in [6.45, 7) is 3.20. The smallest absolute Gasteiger partial charge is 0.339 e. The summed E-state index contributed by atoms with van der Waals surface area (Å²) in [5.41, 5.74) is 3.50. The average Bonchev–Trinajstić information content (AvgIpc) is 2.35. The van der Waals surface area contributed by atoms with Crippen molar-refractivity contribution in [3.05, 3.63) is 27.9 Å². The second-order valence-electron chi connectivity index (χ2n) is 4.75. The number of carbonyl (C=O) groups excluding carboxylic acids is 1. The molecule has 0 aromatic carbocycles.